The molecule has 0 bridgehead atoms. The monoisotopic (exact) mass is 298 g/mol. The molecule has 21 heavy (non-hydrogen) atoms. The molecule has 3 nitrogen and oxygen atoms in total. The molecule has 0 aliphatic heterocycles. The van der Waals surface area contributed by atoms with E-state index in [1.165, 1.54) is 16.3 Å². The van der Waals surface area contributed by atoms with Crippen LogP contribution in [0.3, 0.4) is 0 Å². The van der Waals surface area contributed by atoms with Gasteiger partial charge < -0.3 is 10.2 Å². The van der Waals surface area contributed by atoms with Gasteiger partial charge in [-0.2, -0.15) is 4.57 Å². The van der Waals surface area contributed by atoms with Crippen molar-refractivity contribution in [2.24, 2.45) is 0 Å². The van der Waals surface area contributed by atoms with Gasteiger partial charge in [0.25, 0.3) is 5.01 Å². The van der Waals surface area contributed by atoms with Crippen LogP contribution in [-0.4, -0.2) is 10.2 Å². The second kappa shape index (κ2) is 5.58. The van der Waals surface area contributed by atoms with E-state index in [1.54, 1.807) is 23.5 Å². The van der Waals surface area contributed by atoms with E-state index >= 15 is 0 Å². The molecule has 0 aliphatic carbocycles. The van der Waals surface area contributed by atoms with Crippen molar-refractivity contribution in [3.63, 3.8) is 0 Å². The largest absolute Gasteiger partial charge is 0.508 e. The summed E-state index contributed by atoms with van der Waals surface area (Å²) in [6.45, 7) is 3.01. The quantitative estimate of drug-likeness (QED) is 0.723. The number of aryl methyl sites for hydroxylation is 1. The number of hydrogen-bond donors (Lipinski definition) is 2. The van der Waals surface area contributed by atoms with Crippen LogP contribution in [0.15, 0.2) is 42.5 Å². The lowest BCUT2D eigenvalue weighted by atomic mass is 10.2. The molecule has 0 unspecified atom stereocenters. The van der Waals surface area contributed by atoms with E-state index in [1.807, 2.05) is 24.3 Å². The number of thiazole rings is 1. The van der Waals surface area contributed by atoms with Crippen molar-refractivity contribution in [2.75, 3.05) is 0 Å². The van der Waals surface area contributed by atoms with E-state index in [-0.39, 0.29) is 11.5 Å². The van der Waals surface area contributed by atoms with Gasteiger partial charge >= 0.3 is 0 Å². The summed E-state index contributed by atoms with van der Waals surface area (Å²) in [6, 6.07) is 12.9. The van der Waals surface area contributed by atoms with Gasteiger partial charge in [-0.3, -0.25) is 0 Å². The van der Waals surface area contributed by atoms with Crippen LogP contribution in [-0.2, 0) is 6.54 Å². The van der Waals surface area contributed by atoms with Crippen LogP contribution in [0.25, 0.3) is 22.4 Å². The molecule has 0 amide bonds. The van der Waals surface area contributed by atoms with Crippen molar-refractivity contribution < 1.29 is 14.8 Å². The summed E-state index contributed by atoms with van der Waals surface area (Å²) in [5.41, 5.74) is 1.91. The molecule has 1 heterocycles. The predicted octanol–water partition coefficient (Wildman–Crippen LogP) is 3.79. The Morgan fingerprint density at radius 1 is 1.10 bits per heavy atom. The summed E-state index contributed by atoms with van der Waals surface area (Å²) in [6.07, 6.45) is 3.87. The standard InChI is InChI=1S/C17H15NO2S/c1-2-18-14-5-3-4-6-16(14)21-17(18)10-8-12-7-9-13(19)11-15(12)20/h3-11H,2H2,1H3,(H,19,20)/p+1. The van der Waals surface area contributed by atoms with Gasteiger partial charge in [-0.1, -0.05) is 23.5 Å². The van der Waals surface area contributed by atoms with E-state index < -0.39 is 0 Å². The molecular formula is C17H16NO2S+. The third-order valence-corrected chi connectivity index (χ3v) is 4.50. The zero-order chi connectivity index (χ0) is 14.8. The Balaban J connectivity index is 2.03. The zero-order valence-electron chi connectivity index (χ0n) is 11.7. The van der Waals surface area contributed by atoms with Crippen molar-refractivity contribution in [3.05, 3.63) is 53.0 Å². The summed E-state index contributed by atoms with van der Waals surface area (Å²) in [4.78, 5) is 0. The summed E-state index contributed by atoms with van der Waals surface area (Å²) >= 11 is 1.72. The van der Waals surface area contributed by atoms with Crippen molar-refractivity contribution in [1.82, 2.24) is 0 Å². The summed E-state index contributed by atoms with van der Waals surface area (Å²) < 4.78 is 3.49. The highest BCUT2D eigenvalue weighted by Crippen LogP contribution is 2.26. The Bertz CT molecular complexity index is 821. The van der Waals surface area contributed by atoms with Gasteiger partial charge in [0.2, 0.25) is 5.52 Å². The molecule has 0 atom stereocenters. The van der Waals surface area contributed by atoms with E-state index in [4.69, 9.17) is 0 Å². The number of rotatable bonds is 3. The number of hydrogen-bond acceptors (Lipinski definition) is 3. The maximum Gasteiger partial charge on any atom is 0.262 e. The minimum Gasteiger partial charge on any atom is -0.508 e. The topological polar surface area (TPSA) is 44.3 Å². The van der Waals surface area contributed by atoms with Crippen molar-refractivity contribution >= 4 is 33.7 Å². The maximum absolute atomic E-state index is 9.82. The van der Waals surface area contributed by atoms with Crippen LogP contribution >= 0.6 is 11.3 Å². The van der Waals surface area contributed by atoms with Crippen LogP contribution in [0.4, 0.5) is 0 Å². The molecule has 0 radical (unpaired) electrons. The van der Waals surface area contributed by atoms with E-state index in [0.29, 0.717) is 5.56 Å². The first-order valence-corrected chi connectivity index (χ1v) is 7.62. The molecule has 0 spiro atoms. The van der Waals surface area contributed by atoms with Crippen LogP contribution in [0.2, 0.25) is 0 Å². The second-order valence-electron chi connectivity index (χ2n) is 4.73. The fraction of sp³-hybridized carbons (Fsp3) is 0.118. The van der Waals surface area contributed by atoms with E-state index in [0.717, 1.165) is 11.6 Å². The molecule has 1 aromatic heterocycles. The van der Waals surface area contributed by atoms with Crippen molar-refractivity contribution in [2.45, 2.75) is 13.5 Å². The van der Waals surface area contributed by atoms with E-state index in [9.17, 15) is 10.2 Å². The molecule has 4 heteroatoms. The van der Waals surface area contributed by atoms with Gasteiger partial charge in [0.15, 0.2) is 0 Å². The lowest BCUT2D eigenvalue weighted by molar-refractivity contribution is -0.665. The first-order chi connectivity index (χ1) is 10.2. The van der Waals surface area contributed by atoms with Crippen LogP contribution in [0, 0.1) is 0 Å². The minimum atomic E-state index is 0.0649. The van der Waals surface area contributed by atoms with Gasteiger partial charge in [0, 0.05) is 23.8 Å². The maximum atomic E-state index is 9.82. The first kappa shape index (κ1) is 13.6. The summed E-state index contributed by atoms with van der Waals surface area (Å²) in [7, 11) is 0. The van der Waals surface area contributed by atoms with Gasteiger partial charge in [-0.15, -0.1) is 0 Å². The number of nitrogens with zero attached hydrogens (tertiary/aromatic N) is 1. The number of benzene rings is 2. The number of phenols is 2. The number of aromatic hydroxyl groups is 2. The van der Waals surface area contributed by atoms with Gasteiger partial charge in [-0.25, -0.2) is 0 Å². The normalized spacial score (nSPS) is 11.5. The molecule has 0 fully saturated rings. The Kier molecular flexibility index (Phi) is 3.62. The molecule has 2 N–H and O–H groups in total. The number of fused-ring (bicyclic) bond motifs is 1. The highest BCUT2D eigenvalue weighted by molar-refractivity contribution is 7.18. The second-order valence-corrected chi connectivity index (χ2v) is 5.79. The minimum absolute atomic E-state index is 0.0649. The van der Waals surface area contributed by atoms with Gasteiger partial charge in [-0.05, 0) is 31.2 Å². The number of aromatic nitrogens is 1. The lowest BCUT2D eigenvalue weighted by Crippen LogP contribution is -2.33. The van der Waals surface area contributed by atoms with Crippen LogP contribution in [0.5, 0.6) is 11.5 Å². The van der Waals surface area contributed by atoms with Crippen LogP contribution in [0.1, 0.15) is 17.5 Å². The molecule has 0 saturated heterocycles. The molecule has 3 aromatic rings. The zero-order valence-corrected chi connectivity index (χ0v) is 12.5. The summed E-state index contributed by atoms with van der Waals surface area (Å²) in [5.74, 6) is 0.144. The molecule has 2 aromatic carbocycles. The number of phenolic OH excluding ortho intramolecular Hbond substituents is 2. The fourth-order valence-corrected chi connectivity index (χ4v) is 3.47. The van der Waals surface area contributed by atoms with Crippen LogP contribution < -0.4 is 4.57 Å². The fourth-order valence-electron chi connectivity index (χ4n) is 2.34. The molecule has 3 rings (SSSR count). The van der Waals surface area contributed by atoms with Crippen molar-refractivity contribution in [3.8, 4) is 11.5 Å². The Morgan fingerprint density at radius 2 is 1.90 bits per heavy atom. The van der Waals surface area contributed by atoms with E-state index in [2.05, 4.69) is 23.6 Å². The predicted molar refractivity (Wildman–Crippen MR) is 86.4 cm³/mol. The molecular weight excluding hydrogens is 282 g/mol. The summed E-state index contributed by atoms with van der Waals surface area (Å²) in [5, 5.41) is 20.3. The molecule has 0 aliphatic rings. The van der Waals surface area contributed by atoms with Crippen molar-refractivity contribution in [1.29, 1.82) is 0 Å². The average Bonchev–Trinajstić information content (AvgIpc) is 2.83. The lowest BCUT2D eigenvalue weighted by Gasteiger charge is -1.98. The first-order valence-electron chi connectivity index (χ1n) is 6.80. The third kappa shape index (κ3) is 2.62. The number of para-hydroxylation sites is 1. The Morgan fingerprint density at radius 3 is 2.67 bits per heavy atom. The SMILES string of the molecule is CC[n+]1c(C=Cc2ccc(O)cc2O)sc2ccccc21. The Labute approximate surface area is 127 Å². The molecule has 106 valence electrons. The highest BCUT2D eigenvalue weighted by Gasteiger charge is 2.15. The Hall–Kier alpha value is -2.33. The highest BCUT2D eigenvalue weighted by atomic mass is 32.1. The third-order valence-electron chi connectivity index (χ3n) is 3.37. The van der Waals surface area contributed by atoms with Gasteiger partial charge in [0.05, 0.1) is 0 Å². The average molecular weight is 298 g/mol. The molecule has 0 saturated carbocycles. The smallest absolute Gasteiger partial charge is 0.262 e. The van der Waals surface area contributed by atoms with Gasteiger partial charge in [0.1, 0.15) is 22.7 Å².